The summed E-state index contributed by atoms with van der Waals surface area (Å²) < 4.78 is 11.6. The zero-order valence-electron chi connectivity index (χ0n) is 20.1. The normalized spacial score (nSPS) is 12.8. The van der Waals surface area contributed by atoms with Gasteiger partial charge < -0.3 is 14.0 Å². The molecule has 0 bridgehead atoms. The van der Waals surface area contributed by atoms with Crippen molar-refractivity contribution in [1.82, 2.24) is 0 Å². The van der Waals surface area contributed by atoms with Gasteiger partial charge in [-0.25, -0.2) is 0 Å². The standard InChI is InChI=1S/C24H48NO4/c1-7-8-9-10-11-12-13-14-15-18-28-24(27)19-22(20-25(4,5)6)29-23(26)17-16-21(2)3/h21-22H,7-20H2,1-6H3/q+1/t22-/m1/s1. The number of carbonyl (C=O) groups is 2. The van der Waals surface area contributed by atoms with Crippen molar-refractivity contribution in [3.63, 3.8) is 0 Å². The van der Waals surface area contributed by atoms with Crippen molar-refractivity contribution >= 4 is 11.9 Å². The van der Waals surface area contributed by atoms with Gasteiger partial charge in [-0.15, -0.1) is 0 Å². The second-order valence-corrected chi connectivity index (χ2v) is 9.77. The topological polar surface area (TPSA) is 52.6 Å². The maximum Gasteiger partial charge on any atom is 0.309 e. The van der Waals surface area contributed by atoms with E-state index in [1.807, 2.05) is 21.1 Å². The number of esters is 2. The van der Waals surface area contributed by atoms with Crippen molar-refractivity contribution in [3.8, 4) is 0 Å². The quantitative estimate of drug-likeness (QED) is 0.169. The molecular formula is C24H48NO4+. The molecule has 0 aromatic rings. The number of hydrogen-bond donors (Lipinski definition) is 0. The Kier molecular flexibility index (Phi) is 16.0. The average molecular weight is 415 g/mol. The van der Waals surface area contributed by atoms with Gasteiger partial charge in [0.2, 0.25) is 0 Å². The van der Waals surface area contributed by atoms with Gasteiger partial charge in [-0.1, -0.05) is 72.1 Å². The van der Waals surface area contributed by atoms with Crippen LogP contribution >= 0.6 is 0 Å². The lowest BCUT2D eigenvalue weighted by molar-refractivity contribution is -0.873. The molecule has 0 heterocycles. The lowest BCUT2D eigenvalue weighted by Crippen LogP contribution is -2.44. The first kappa shape index (κ1) is 27.9. The molecule has 29 heavy (non-hydrogen) atoms. The highest BCUT2D eigenvalue weighted by Gasteiger charge is 2.25. The molecule has 0 aliphatic carbocycles. The Morgan fingerprint density at radius 1 is 0.828 bits per heavy atom. The molecule has 0 aromatic heterocycles. The molecule has 0 spiro atoms. The van der Waals surface area contributed by atoms with Crippen LogP contribution in [0.4, 0.5) is 0 Å². The molecule has 0 aromatic carbocycles. The van der Waals surface area contributed by atoms with Gasteiger partial charge >= 0.3 is 11.9 Å². The fraction of sp³-hybridized carbons (Fsp3) is 0.917. The maximum atomic E-state index is 12.2. The number of carbonyl (C=O) groups excluding carboxylic acids is 2. The van der Waals surface area contributed by atoms with Crippen LogP contribution in [0.3, 0.4) is 0 Å². The van der Waals surface area contributed by atoms with Crippen molar-refractivity contribution in [3.05, 3.63) is 0 Å². The first-order valence-electron chi connectivity index (χ1n) is 11.8. The van der Waals surface area contributed by atoms with Crippen LogP contribution < -0.4 is 0 Å². The summed E-state index contributed by atoms with van der Waals surface area (Å²) in [6, 6.07) is 0. The summed E-state index contributed by atoms with van der Waals surface area (Å²) in [5.74, 6) is -0.0238. The summed E-state index contributed by atoms with van der Waals surface area (Å²) in [6.45, 7) is 7.47. The Bertz CT molecular complexity index is 429. The molecule has 0 N–H and O–H groups in total. The van der Waals surface area contributed by atoms with Crippen molar-refractivity contribution in [2.45, 2.75) is 104 Å². The van der Waals surface area contributed by atoms with E-state index in [2.05, 4.69) is 20.8 Å². The first-order valence-corrected chi connectivity index (χ1v) is 11.8. The molecular weight excluding hydrogens is 366 g/mol. The average Bonchev–Trinajstić information content (AvgIpc) is 2.60. The van der Waals surface area contributed by atoms with Crippen molar-refractivity contribution in [2.75, 3.05) is 34.3 Å². The summed E-state index contributed by atoms with van der Waals surface area (Å²) in [5, 5.41) is 0. The summed E-state index contributed by atoms with van der Waals surface area (Å²) in [6.07, 6.45) is 12.1. The molecule has 0 aliphatic heterocycles. The summed E-state index contributed by atoms with van der Waals surface area (Å²) in [4.78, 5) is 24.3. The van der Waals surface area contributed by atoms with Gasteiger partial charge in [-0.3, -0.25) is 9.59 Å². The lowest BCUT2D eigenvalue weighted by atomic mass is 10.1. The molecule has 0 rings (SSSR count). The highest BCUT2D eigenvalue weighted by molar-refractivity contribution is 5.72. The largest absolute Gasteiger partial charge is 0.466 e. The number of hydrogen-bond acceptors (Lipinski definition) is 4. The summed E-state index contributed by atoms with van der Waals surface area (Å²) in [5.41, 5.74) is 0. The predicted octanol–water partition coefficient (Wildman–Crippen LogP) is 5.50. The maximum absolute atomic E-state index is 12.2. The minimum atomic E-state index is -0.426. The van der Waals surface area contributed by atoms with Crippen LogP contribution in [0.25, 0.3) is 0 Å². The molecule has 1 atom stereocenters. The Labute approximate surface area is 180 Å². The van der Waals surface area contributed by atoms with Crippen molar-refractivity contribution < 1.29 is 23.5 Å². The van der Waals surface area contributed by atoms with E-state index in [4.69, 9.17) is 9.47 Å². The van der Waals surface area contributed by atoms with Crippen LogP contribution in [0.15, 0.2) is 0 Å². The van der Waals surface area contributed by atoms with Crippen LogP contribution in [-0.2, 0) is 19.1 Å². The van der Waals surface area contributed by atoms with Gasteiger partial charge in [0.15, 0.2) is 6.10 Å². The van der Waals surface area contributed by atoms with E-state index in [1.165, 1.54) is 44.9 Å². The Morgan fingerprint density at radius 2 is 1.38 bits per heavy atom. The minimum Gasteiger partial charge on any atom is -0.466 e. The van der Waals surface area contributed by atoms with Gasteiger partial charge in [0, 0.05) is 6.42 Å². The smallest absolute Gasteiger partial charge is 0.309 e. The van der Waals surface area contributed by atoms with Crippen LogP contribution in [0.5, 0.6) is 0 Å². The van der Waals surface area contributed by atoms with Gasteiger partial charge in [0.05, 0.1) is 34.2 Å². The Morgan fingerprint density at radius 3 is 1.90 bits per heavy atom. The van der Waals surface area contributed by atoms with Gasteiger partial charge in [-0.05, 0) is 18.8 Å². The second-order valence-electron chi connectivity index (χ2n) is 9.77. The van der Waals surface area contributed by atoms with Crippen LogP contribution in [0.2, 0.25) is 0 Å². The molecule has 0 aliphatic rings. The van der Waals surface area contributed by atoms with Gasteiger partial charge in [-0.2, -0.15) is 0 Å². The third-order valence-electron chi connectivity index (χ3n) is 4.88. The molecule has 0 fully saturated rings. The van der Waals surface area contributed by atoms with Crippen LogP contribution in [0, 0.1) is 5.92 Å². The number of likely N-dealkylation sites (N-methyl/N-ethyl adjacent to an activating group) is 1. The molecule has 0 saturated carbocycles. The molecule has 0 amide bonds. The molecule has 5 nitrogen and oxygen atoms in total. The van der Waals surface area contributed by atoms with E-state index in [-0.39, 0.29) is 18.4 Å². The summed E-state index contributed by atoms with van der Waals surface area (Å²) >= 11 is 0. The van der Waals surface area contributed by atoms with Crippen LogP contribution in [-0.4, -0.2) is 56.8 Å². The van der Waals surface area contributed by atoms with E-state index in [0.717, 1.165) is 19.3 Å². The first-order chi connectivity index (χ1) is 13.6. The molecule has 0 unspecified atom stereocenters. The number of ether oxygens (including phenoxy) is 2. The Hall–Kier alpha value is -1.10. The molecule has 0 radical (unpaired) electrons. The zero-order valence-corrected chi connectivity index (χ0v) is 20.1. The van der Waals surface area contributed by atoms with Crippen molar-refractivity contribution in [2.24, 2.45) is 5.92 Å². The third-order valence-corrected chi connectivity index (χ3v) is 4.88. The highest BCUT2D eigenvalue weighted by Crippen LogP contribution is 2.12. The number of quaternary nitrogens is 1. The lowest BCUT2D eigenvalue weighted by Gasteiger charge is -2.28. The second kappa shape index (κ2) is 16.7. The third kappa shape index (κ3) is 20.0. The highest BCUT2D eigenvalue weighted by atomic mass is 16.6. The van der Waals surface area contributed by atoms with E-state index < -0.39 is 6.10 Å². The van der Waals surface area contributed by atoms with E-state index >= 15 is 0 Å². The SMILES string of the molecule is CCCCCCCCCCCOC(=O)C[C@H](C[N+](C)(C)C)OC(=O)CCC(C)C. The van der Waals surface area contributed by atoms with E-state index in [1.54, 1.807) is 0 Å². The summed E-state index contributed by atoms with van der Waals surface area (Å²) in [7, 11) is 6.09. The number of nitrogens with zero attached hydrogens (tertiary/aromatic N) is 1. The Balaban J connectivity index is 4.05. The molecule has 172 valence electrons. The zero-order chi connectivity index (χ0) is 22.1. The predicted molar refractivity (Wildman–Crippen MR) is 120 cm³/mol. The van der Waals surface area contributed by atoms with E-state index in [9.17, 15) is 9.59 Å². The fourth-order valence-electron chi connectivity index (χ4n) is 3.25. The van der Waals surface area contributed by atoms with Crippen molar-refractivity contribution in [1.29, 1.82) is 0 Å². The van der Waals surface area contributed by atoms with Gasteiger partial charge in [0.1, 0.15) is 6.54 Å². The molecule has 5 heteroatoms. The fourth-order valence-corrected chi connectivity index (χ4v) is 3.25. The van der Waals surface area contributed by atoms with Crippen LogP contribution in [0.1, 0.15) is 97.8 Å². The number of rotatable bonds is 18. The minimum absolute atomic E-state index is 0.139. The number of unbranched alkanes of at least 4 members (excludes halogenated alkanes) is 8. The van der Waals surface area contributed by atoms with E-state index in [0.29, 0.717) is 30.0 Å². The molecule has 0 saturated heterocycles. The monoisotopic (exact) mass is 414 g/mol. The van der Waals surface area contributed by atoms with Gasteiger partial charge in [0.25, 0.3) is 0 Å².